The summed E-state index contributed by atoms with van der Waals surface area (Å²) in [5, 5.41) is 10.00. The topological polar surface area (TPSA) is 73.7 Å². The van der Waals surface area contributed by atoms with Crippen molar-refractivity contribution < 1.29 is 14.7 Å². The Labute approximate surface area is 192 Å². The number of aliphatic hydroxyl groups is 1. The highest BCUT2D eigenvalue weighted by atomic mass is 16.3. The van der Waals surface area contributed by atoms with Crippen LogP contribution in [0.2, 0.25) is 0 Å². The van der Waals surface area contributed by atoms with Crippen molar-refractivity contribution in [2.75, 3.05) is 19.7 Å². The van der Waals surface area contributed by atoms with Crippen LogP contribution in [0, 0.1) is 0 Å². The third kappa shape index (κ3) is 4.05. The van der Waals surface area contributed by atoms with Crippen molar-refractivity contribution in [2.24, 2.45) is 0 Å². The summed E-state index contributed by atoms with van der Waals surface area (Å²) in [6.45, 7) is 0.367. The summed E-state index contributed by atoms with van der Waals surface area (Å²) < 4.78 is 0. The molecule has 1 aromatic heterocycles. The number of hydrogen-bond acceptors (Lipinski definition) is 4. The minimum atomic E-state index is -0.260. The monoisotopic (exact) mass is 439 g/mol. The largest absolute Gasteiger partial charge is 0.394 e. The Morgan fingerprint density at radius 3 is 2.39 bits per heavy atom. The number of amides is 2. The van der Waals surface area contributed by atoms with Crippen LogP contribution >= 0.6 is 0 Å². The van der Waals surface area contributed by atoms with Gasteiger partial charge in [-0.25, -0.2) is 0 Å². The molecule has 6 heteroatoms. The van der Waals surface area contributed by atoms with Gasteiger partial charge in [0.2, 0.25) is 5.91 Å². The number of pyridine rings is 1. The standard InChI is InChI=1S/C27H25N3O3/c31-18-24-26(21-12-10-20(11-13-21)9-8-19-5-2-1-3-6-19)23-16-29(17-25(32)30(23)24)27(33)22-7-4-14-28-15-22/h1-15,23-24,26,31H,16-18H2/b9-8+/t23-,24+,26-/m1/s1. The zero-order chi connectivity index (χ0) is 22.8. The van der Waals surface area contributed by atoms with Gasteiger partial charge in [0.15, 0.2) is 0 Å². The summed E-state index contributed by atoms with van der Waals surface area (Å²) in [6, 6.07) is 21.4. The molecule has 0 saturated carbocycles. The highest BCUT2D eigenvalue weighted by Crippen LogP contribution is 2.43. The summed E-state index contributed by atoms with van der Waals surface area (Å²) in [4.78, 5) is 33.1. The third-order valence-corrected chi connectivity index (χ3v) is 6.54. The molecular formula is C27H25N3O3. The summed E-state index contributed by atoms with van der Waals surface area (Å²) in [5.41, 5.74) is 3.75. The lowest BCUT2D eigenvalue weighted by atomic mass is 9.73. The number of nitrogens with zero attached hydrogens (tertiary/aromatic N) is 3. The van der Waals surface area contributed by atoms with Gasteiger partial charge in [0, 0.05) is 24.9 Å². The van der Waals surface area contributed by atoms with E-state index in [1.165, 1.54) is 6.20 Å². The molecular weight excluding hydrogens is 414 g/mol. The molecule has 33 heavy (non-hydrogen) atoms. The van der Waals surface area contributed by atoms with E-state index in [9.17, 15) is 14.7 Å². The molecule has 5 rings (SSSR count). The summed E-state index contributed by atoms with van der Waals surface area (Å²) >= 11 is 0. The zero-order valence-electron chi connectivity index (χ0n) is 18.1. The molecule has 2 saturated heterocycles. The molecule has 166 valence electrons. The van der Waals surface area contributed by atoms with Gasteiger partial charge in [0.1, 0.15) is 6.54 Å². The quantitative estimate of drug-likeness (QED) is 0.620. The normalized spacial score (nSPS) is 22.2. The minimum Gasteiger partial charge on any atom is -0.394 e. The molecule has 0 aliphatic carbocycles. The Hall–Kier alpha value is -3.77. The average molecular weight is 440 g/mol. The van der Waals surface area contributed by atoms with E-state index >= 15 is 0 Å². The summed E-state index contributed by atoms with van der Waals surface area (Å²) in [7, 11) is 0. The SMILES string of the molecule is O=C(c1cccnc1)N1CC(=O)N2[C@H](C1)[C@@H](c1ccc(/C=C/c3ccccc3)cc1)[C@@H]2CO. The second-order valence-electron chi connectivity index (χ2n) is 8.48. The van der Waals surface area contributed by atoms with Gasteiger partial charge in [-0.15, -0.1) is 0 Å². The van der Waals surface area contributed by atoms with E-state index in [0.717, 1.165) is 16.7 Å². The average Bonchev–Trinajstić information content (AvgIpc) is 2.85. The van der Waals surface area contributed by atoms with Gasteiger partial charge in [-0.2, -0.15) is 0 Å². The van der Waals surface area contributed by atoms with Gasteiger partial charge in [0.05, 0.1) is 24.3 Å². The van der Waals surface area contributed by atoms with Crippen molar-refractivity contribution in [1.82, 2.24) is 14.8 Å². The summed E-state index contributed by atoms with van der Waals surface area (Å²) in [6.07, 6.45) is 7.27. The van der Waals surface area contributed by atoms with Crippen LogP contribution in [0.5, 0.6) is 0 Å². The predicted molar refractivity (Wildman–Crippen MR) is 126 cm³/mol. The first-order chi connectivity index (χ1) is 16.2. The lowest BCUT2D eigenvalue weighted by Crippen LogP contribution is -2.73. The third-order valence-electron chi connectivity index (χ3n) is 6.54. The molecule has 0 radical (unpaired) electrons. The highest BCUT2D eigenvalue weighted by molar-refractivity contribution is 5.97. The van der Waals surface area contributed by atoms with Crippen molar-refractivity contribution in [3.63, 3.8) is 0 Å². The molecule has 2 aliphatic rings. The molecule has 2 aromatic carbocycles. The second-order valence-corrected chi connectivity index (χ2v) is 8.48. The Balaban J connectivity index is 1.34. The minimum absolute atomic E-state index is 0.0180. The van der Waals surface area contributed by atoms with Gasteiger partial charge < -0.3 is 14.9 Å². The Bertz CT molecular complexity index is 1160. The molecule has 2 fully saturated rings. The molecule has 0 bridgehead atoms. The predicted octanol–water partition coefficient (Wildman–Crippen LogP) is 3.06. The van der Waals surface area contributed by atoms with Gasteiger partial charge in [-0.1, -0.05) is 66.7 Å². The summed E-state index contributed by atoms with van der Waals surface area (Å²) in [5.74, 6) is -0.333. The molecule has 3 heterocycles. The molecule has 0 spiro atoms. The van der Waals surface area contributed by atoms with Crippen LogP contribution in [-0.2, 0) is 4.79 Å². The lowest BCUT2D eigenvalue weighted by Gasteiger charge is -2.58. The second kappa shape index (κ2) is 9.00. The molecule has 0 unspecified atom stereocenters. The van der Waals surface area contributed by atoms with Gasteiger partial charge in [0.25, 0.3) is 5.91 Å². The highest BCUT2D eigenvalue weighted by Gasteiger charge is 2.54. The Kier molecular flexibility index (Phi) is 5.75. The molecule has 2 amide bonds. The van der Waals surface area contributed by atoms with Crippen LogP contribution < -0.4 is 0 Å². The first kappa shape index (κ1) is 21.1. The maximum atomic E-state index is 12.9. The lowest BCUT2D eigenvalue weighted by molar-refractivity contribution is -0.159. The van der Waals surface area contributed by atoms with E-state index in [0.29, 0.717) is 12.1 Å². The van der Waals surface area contributed by atoms with Gasteiger partial charge >= 0.3 is 0 Å². The van der Waals surface area contributed by atoms with E-state index in [2.05, 4.69) is 53.5 Å². The number of rotatable bonds is 5. The zero-order valence-corrected chi connectivity index (χ0v) is 18.1. The van der Waals surface area contributed by atoms with Gasteiger partial charge in [-0.3, -0.25) is 14.6 Å². The fourth-order valence-corrected chi connectivity index (χ4v) is 4.91. The first-order valence-corrected chi connectivity index (χ1v) is 11.1. The number of aliphatic hydroxyl groups excluding tert-OH is 1. The van der Waals surface area contributed by atoms with E-state index < -0.39 is 0 Å². The van der Waals surface area contributed by atoms with Crippen molar-refractivity contribution in [3.8, 4) is 0 Å². The maximum Gasteiger partial charge on any atom is 0.255 e. The van der Waals surface area contributed by atoms with Crippen molar-refractivity contribution in [2.45, 2.75) is 18.0 Å². The van der Waals surface area contributed by atoms with E-state index in [-0.39, 0.29) is 43.0 Å². The van der Waals surface area contributed by atoms with Crippen LogP contribution in [-0.4, -0.2) is 63.5 Å². The van der Waals surface area contributed by atoms with E-state index in [1.807, 2.05) is 18.2 Å². The number of benzene rings is 2. The fourth-order valence-electron chi connectivity index (χ4n) is 4.91. The van der Waals surface area contributed by atoms with Crippen molar-refractivity contribution in [3.05, 3.63) is 101 Å². The fraction of sp³-hybridized carbons (Fsp3) is 0.222. The van der Waals surface area contributed by atoms with Gasteiger partial charge in [-0.05, 0) is 28.8 Å². The van der Waals surface area contributed by atoms with E-state index in [1.54, 1.807) is 28.1 Å². The molecule has 3 atom stereocenters. The number of hydrogen-bond donors (Lipinski definition) is 1. The number of fused-ring (bicyclic) bond motifs is 1. The number of aromatic nitrogens is 1. The Morgan fingerprint density at radius 1 is 1.00 bits per heavy atom. The Morgan fingerprint density at radius 2 is 1.73 bits per heavy atom. The molecule has 1 N–H and O–H groups in total. The van der Waals surface area contributed by atoms with Crippen LogP contribution in [0.25, 0.3) is 12.2 Å². The van der Waals surface area contributed by atoms with Crippen molar-refractivity contribution >= 4 is 24.0 Å². The first-order valence-electron chi connectivity index (χ1n) is 11.1. The smallest absolute Gasteiger partial charge is 0.255 e. The molecule has 3 aromatic rings. The van der Waals surface area contributed by atoms with Crippen LogP contribution in [0.3, 0.4) is 0 Å². The molecule has 2 aliphatic heterocycles. The number of carbonyl (C=O) groups is 2. The van der Waals surface area contributed by atoms with Crippen LogP contribution in [0.15, 0.2) is 79.1 Å². The van der Waals surface area contributed by atoms with E-state index in [4.69, 9.17) is 0 Å². The van der Waals surface area contributed by atoms with Crippen LogP contribution in [0.4, 0.5) is 0 Å². The molecule has 6 nitrogen and oxygen atoms in total. The number of carbonyl (C=O) groups excluding carboxylic acids is 2. The number of piperazine rings is 1. The maximum absolute atomic E-state index is 12.9. The van der Waals surface area contributed by atoms with Crippen LogP contribution in [0.1, 0.15) is 33.0 Å². The van der Waals surface area contributed by atoms with Crippen molar-refractivity contribution in [1.29, 1.82) is 0 Å².